The topological polar surface area (TPSA) is 208 Å². The summed E-state index contributed by atoms with van der Waals surface area (Å²) in [5, 5.41) is 18.7. The van der Waals surface area contributed by atoms with Crippen LogP contribution in [0, 0.1) is 0 Å². The molecule has 0 saturated heterocycles. The first-order valence-electron chi connectivity index (χ1n) is 8.23. The number of nitrogens with zero attached hydrogens (tertiary/aromatic N) is 3. The van der Waals surface area contributed by atoms with E-state index in [-0.39, 0.29) is 28.4 Å². The normalized spacial score (nSPS) is 11.6. The van der Waals surface area contributed by atoms with Crippen molar-refractivity contribution >= 4 is 56.5 Å². The highest BCUT2D eigenvalue weighted by atomic mass is 32.2. The third-order valence-electron chi connectivity index (χ3n) is 3.69. The smallest absolute Gasteiger partial charge is 0.294 e. The average Bonchev–Trinajstić information content (AvgIpc) is 2.69. The highest BCUT2D eigenvalue weighted by molar-refractivity contribution is 7.94. The number of rotatable bonds is 9. The minimum atomic E-state index is -4.51. The number of hydrogen-bond acceptors (Lipinski definition) is 13. The van der Waals surface area contributed by atoms with Crippen LogP contribution in [0.15, 0.2) is 40.1 Å². The lowest BCUT2D eigenvalue weighted by Crippen LogP contribution is -2.16. The van der Waals surface area contributed by atoms with Crippen LogP contribution < -0.4 is 22.1 Å². The first kappa shape index (κ1) is 21.9. The lowest BCUT2D eigenvalue weighted by molar-refractivity contribution is -0.432. The van der Waals surface area contributed by atoms with Crippen molar-refractivity contribution in [1.82, 2.24) is 15.0 Å². The lowest BCUT2D eigenvalue weighted by atomic mass is 10.1. The molecule has 0 radical (unpaired) electrons. The molecule has 0 amide bonds. The molecule has 1 heterocycles. The Morgan fingerprint density at radius 2 is 1.93 bits per heavy atom. The molecule has 13 nitrogen and oxygen atoms in total. The summed E-state index contributed by atoms with van der Waals surface area (Å²) in [6, 6.07) is 7.35. The molecule has 3 aromatic rings. The van der Waals surface area contributed by atoms with Gasteiger partial charge < -0.3 is 22.1 Å². The van der Waals surface area contributed by atoms with Crippen molar-refractivity contribution in [2.24, 2.45) is 5.73 Å². The molecule has 0 bridgehead atoms. The van der Waals surface area contributed by atoms with E-state index in [9.17, 15) is 13.0 Å². The van der Waals surface area contributed by atoms with Crippen LogP contribution in [0.5, 0.6) is 0 Å². The number of nitrogens with one attached hydrogen (secondary N) is 2. The Kier molecular flexibility index (Phi) is 6.83. The largest absolute Gasteiger partial charge is 0.368 e. The van der Waals surface area contributed by atoms with E-state index in [0.717, 1.165) is 0 Å². The Morgan fingerprint density at radius 1 is 1.17 bits per heavy atom. The number of benzene rings is 2. The predicted molar refractivity (Wildman–Crippen MR) is 109 cm³/mol. The van der Waals surface area contributed by atoms with Gasteiger partial charge in [-0.2, -0.15) is 23.4 Å². The molecule has 0 aliphatic rings. The molecule has 0 fully saturated rings. The fourth-order valence-corrected chi connectivity index (χ4v) is 3.66. The van der Waals surface area contributed by atoms with E-state index in [0.29, 0.717) is 40.8 Å². The van der Waals surface area contributed by atoms with Crippen LogP contribution in [0.2, 0.25) is 0 Å². The van der Waals surface area contributed by atoms with Crippen molar-refractivity contribution < 1.29 is 27.6 Å². The number of nitrogen functional groups attached to an aromatic ring is 1. The molecule has 3 rings (SSSR count). The van der Waals surface area contributed by atoms with E-state index in [1.54, 1.807) is 18.2 Å². The zero-order valence-electron chi connectivity index (χ0n) is 15.1. The van der Waals surface area contributed by atoms with Crippen LogP contribution in [-0.4, -0.2) is 46.3 Å². The quantitative estimate of drug-likeness (QED) is 0.117. The Labute approximate surface area is 174 Å². The molecule has 1 aromatic heterocycles. The van der Waals surface area contributed by atoms with Gasteiger partial charge in [0.05, 0.1) is 22.6 Å². The van der Waals surface area contributed by atoms with Gasteiger partial charge in [-0.3, -0.25) is 4.55 Å². The van der Waals surface area contributed by atoms with Gasteiger partial charge in [0.15, 0.2) is 0 Å². The second-order valence-corrected chi connectivity index (χ2v) is 7.87. The summed E-state index contributed by atoms with van der Waals surface area (Å²) in [5.41, 5.74) is 11.4. The van der Waals surface area contributed by atoms with E-state index in [2.05, 4.69) is 35.0 Å². The van der Waals surface area contributed by atoms with Crippen molar-refractivity contribution in [3.63, 3.8) is 0 Å². The molecule has 30 heavy (non-hydrogen) atoms. The fraction of sp³-hybridized carbons (Fsp3) is 0.133. The molecule has 0 spiro atoms. The summed E-state index contributed by atoms with van der Waals surface area (Å²) in [7, 11) is -4.51. The van der Waals surface area contributed by atoms with Crippen LogP contribution in [0.1, 0.15) is 0 Å². The van der Waals surface area contributed by atoms with E-state index in [1.807, 2.05) is 0 Å². The third kappa shape index (κ3) is 5.22. The summed E-state index contributed by atoms with van der Waals surface area (Å²) in [4.78, 5) is 12.2. The van der Waals surface area contributed by atoms with E-state index < -0.39 is 10.1 Å². The highest BCUT2D eigenvalue weighted by Gasteiger charge is 2.17. The van der Waals surface area contributed by atoms with E-state index in [1.165, 1.54) is 12.1 Å². The Morgan fingerprint density at radius 3 is 2.63 bits per heavy atom. The monoisotopic (exact) mass is 455 g/mol. The summed E-state index contributed by atoms with van der Waals surface area (Å²) in [6.07, 6.45) is 0. The number of nitrogens with two attached hydrogens (primary N) is 2. The zero-order chi connectivity index (χ0) is 21.7. The molecule has 0 saturated carbocycles. The van der Waals surface area contributed by atoms with Crippen molar-refractivity contribution in [2.75, 3.05) is 29.5 Å². The second kappa shape index (κ2) is 9.35. The second-order valence-electron chi connectivity index (χ2n) is 5.71. The van der Waals surface area contributed by atoms with Crippen LogP contribution in [0.25, 0.3) is 10.8 Å². The first-order valence-corrected chi connectivity index (χ1v) is 10.4. The van der Waals surface area contributed by atoms with Gasteiger partial charge in [-0.25, -0.2) is 5.26 Å². The maximum atomic E-state index is 11.7. The molecule has 8 N–H and O–H groups in total. The van der Waals surface area contributed by atoms with Crippen LogP contribution >= 0.6 is 12.0 Å². The van der Waals surface area contributed by atoms with Gasteiger partial charge in [0.1, 0.15) is 0 Å². The maximum absolute atomic E-state index is 11.7. The Hall–Kier alpha value is -2.79. The molecular formula is C15H17N7O6S2. The number of aromatic nitrogens is 3. The SMILES string of the molecule is NCCNc1nc(N)nc(Nc2cc(S(=O)(=O)O)cc3cccc(SOOO)c23)n1. The number of hydrogen-bond donors (Lipinski definition) is 6. The molecule has 0 aliphatic carbocycles. The molecule has 0 atom stereocenters. The highest BCUT2D eigenvalue weighted by Crippen LogP contribution is 2.37. The van der Waals surface area contributed by atoms with Gasteiger partial charge in [-0.05, 0) is 23.6 Å². The molecule has 15 heteroatoms. The van der Waals surface area contributed by atoms with Gasteiger partial charge >= 0.3 is 0 Å². The number of anilines is 4. The first-order chi connectivity index (χ1) is 14.3. The number of fused-ring (bicyclic) bond motifs is 1. The Bertz CT molecular complexity index is 1160. The van der Waals surface area contributed by atoms with Crippen molar-refractivity contribution in [1.29, 1.82) is 0 Å². The fourth-order valence-electron chi connectivity index (χ4n) is 2.57. The minimum Gasteiger partial charge on any atom is -0.368 e. The standard InChI is InChI=1S/C15H17N7O6S2/c16-4-5-18-14-20-13(17)21-15(22-14)19-10-7-9(30(24,25)26)6-8-2-1-3-11(12(8)10)29-28-27-23/h1-3,6-7,23H,4-5,16H2,(H,24,25,26)(H4,17,18,19,20,21,22). The summed E-state index contributed by atoms with van der Waals surface area (Å²) >= 11 is 0.677. The Balaban J connectivity index is 2.14. The zero-order valence-corrected chi connectivity index (χ0v) is 16.8. The van der Waals surface area contributed by atoms with Crippen LogP contribution in [0.3, 0.4) is 0 Å². The molecular weight excluding hydrogens is 438 g/mol. The van der Waals surface area contributed by atoms with Gasteiger partial charge in [0, 0.05) is 23.4 Å². The van der Waals surface area contributed by atoms with Crippen molar-refractivity contribution in [2.45, 2.75) is 9.79 Å². The summed E-state index contributed by atoms with van der Waals surface area (Å²) in [5.74, 6) is 0.0844. The predicted octanol–water partition coefficient (Wildman–Crippen LogP) is 1.40. The third-order valence-corrected chi connectivity index (χ3v) is 5.17. The average molecular weight is 455 g/mol. The molecule has 0 aliphatic heterocycles. The van der Waals surface area contributed by atoms with Crippen LogP contribution in [0.4, 0.5) is 23.5 Å². The molecule has 160 valence electrons. The lowest BCUT2D eigenvalue weighted by Gasteiger charge is -2.14. The minimum absolute atomic E-state index is 0.00920. The van der Waals surface area contributed by atoms with E-state index >= 15 is 0 Å². The van der Waals surface area contributed by atoms with Gasteiger partial charge in [-0.1, -0.05) is 17.2 Å². The molecule has 0 unspecified atom stereocenters. The maximum Gasteiger partial charge on any atom is 0.294 e. The van der Waals surface area contributed by atoms with Crippen molar-refractivity contribution in [3.8, 4) is 0 Å². The molecule has 2 aromatic carbocycles. The van der Waals surface area contributed by atoms with Crippen LogP contribution in [-0.2, 0) is 19.5 Å². The van der Waals surface area contributed by atoms with E-state index in [4.69, 9.17) is 16.7 Å². The van der Waals surface area contributed by atoms with Crippen molar-refractivity contribution in [3.05, 3.63) is 30.3 Å². The van der Waals surface area contributed by atoms with Gasteiger partial charge in [0.25, 0.3) is 10.1 Å². The van der Waals surface area contributed by atoms with Gasteiger partial charge in [0.2, 0.25) is 17.8 Å². The van der Waals surface area contributed by atoms with Gasteiger partial charge in [-0.15, -0.1) is 4.33 Å². The summed E-state index contributed by atoms with van der Waals surface area (Å²) in [6.45, 7) is 0.728. The summed E-state index contributed by atoms with van der Waals surface area (Å²) < 4.78 is 37.5.